The van der Waals surface area contributed by atoms with E-state index in [1.165, 1.54) is 0 Å². The molecule has 0 aliphatic carbocycles. The van der Waals surface area contributed by atoms with E-state index in [9.17, 15) is 22.1 Å². The third-order valence-corrected chi connectivity index (χ3v) is 3.90. The maximum Gasteiger partial charge on any atom is 0.255 e. The predicted molar refractivity (Wildman–Crippen MR) is 89.1 cm³/mol. The molecule has 14 heteroatoms. The van der Waals surface area contributed by atoms with Gasteiger partial charge in [-0.15, -0.1) is 0 Å². The minimum absolute atomic E-state index is 0.0142. The molecule has 2 N–H and O–H groups in total. The summed E-state index contributed by atoms with van der Waals surface area (Å²) in [5.74, 6) is 2.96. The molecule has 0 bridgehead atoms. The Morgan fingerprint density at radius 3 is 2.43 bits per heavy atom. The Balaban J connectivity index is 2.33. The maximum atomic E-state index is 14.4. The number of fused-ring (bicyclic) bond motifs is 1. The van der Waals surface area contributed by atoms with Gasteiger partial charge in [-0.1, -0.05) is 31.7 Å². The van der Waals surface area contributed by atoms with E-state index in [2.05, 4.69) is 15.1 Å². The fourth-order valence-electron chi connectivity index (χ4n) is 2.52. The first-order valence-corrected chi connectivity index (χ1v) is 8.01. The van der Waals surface area contributed by atoms with Crippen molar-refractivity contribution < 1.29 is 22.1 Å². The van der Waals surface area contributed by atoms with E-state index in [1.54, 1.807) is 0 Å². The molecule has 3 rings (SSSR count). The molecule has 2 aromatic heterocycles. The van der Waals surface area contributed by atoms with Gasteiger partial charge in [0, 0.05) is 0 Å². The summed E-state index contributed by atoms with van der Waals surface area (Å²) < 4.78 is 69.7. The molecule has 28 heavy (non-hydrogen) atoms. The van der Waals surface area contributed by atoms with Crippen LogP contribution in [0.25, 0.3) is 16.9 Å². The molecule has 0 saturated heterocycles. The zero-order chi connectivity index (χ0) is 20.6. The molecule has 0 aliphatic rings. The molecule has 2 heterocycles. The summed E-state index contributed by atoms with van der Waals surface area (Å²) >= 11 is 6.08. The van der Waals surface area contributed by atoms with Crippen LogP contribution in [0.3, 0.4) is 0 Å². The lowest BCUT2D eigenvalue weighted by molar-refractivity contribution is -0.309. The number of alkyl halides is 1. The van der Waals surface area contributed by atoms with Crippen molar-refractivity contribution in [3.8, 4) is 11.1 Å². The molecule has 0 radical (unpaired) electrons. The molecule has 1 aromatic carbocycles. The van der Waals surface area contributed by atoms with E-state index in [-0.39, 0.29) is 16.0 Å². The van der Waals surface area contributed by atoms with Gasteiger partial charge in [0.05, 0.1) is 17.7 Å². The molecule has 0 spiro atoms. The van der Waals surface area contributed by atoms with Gasteiger partial charge in [0.2, 0.25) is 0 Å². The number of anilines is 1. The second-order valence-electron chi connectivity index (χ2n) is 5.56. The molecular weight excluding hydrogens is 411 g/mol. The van der Waals surface area contributed by atoms with E-state index < -0.39 is 51.9 Å². The molecule has 0 saturated carbocycles. The summed E-state index contributed by atoms with van der Waals surface area (Å²) in [5, 5.41) is 3.54. The Kier molecular flexibility index (Phi) is 5.60. The number of nitrogens with zero attached hydrogens (tertiary/aromatic N) is 7. The highest BCUT2D eigenvalue weighted by Gasteiger charge is 2.31. The van der Waals surface area contributed by atoms with Gasteiger partial charge in [-0.05, 0) is 19.1 Å². The van der Waals surface area contributed by atoms with Crippen LogP contribution >= 0.6 is 11.6 Å². The Hall–Kier alpha value is -2.61. The highest BCUT2D eigenvalue weighted by Crippen LogP contribution is 2.38. The molecule has 8 nitrogen and oxygen atoms in total. The van der Waals surface area contributed by atoms with E-state index in [0.717, 1.165) is 36.0 Å². The SMILES string of the molecule is CC(F)CN(N(F)F)N(N)c1c(-c2c(F)cccc2F)c(Cl)nc2ncnn12. The molecule has 3 aromatic rings. The Morgan fingerprint density at radius 2 is 1.86 bits per heavy atom. The van der Waals surface area contributed by atoms with Crippen molar-refractivity contribution in [2.75, 3.05) is 11.7 Å². The lowest BCUT2D eigenvalue weighted by atomic mass is 10.1. The van der Waals surface area contributed by atoms with Gasteiger partial charge in [-0.25, -0.2) is 24.1 Å². The Bertz CT molecular complexity index is 977. The Morgan fingerprint density at radius 1 is 1.21 bits per heavy atom. The number of hydrogen-bond acceptors (Lipinski definition) is 7. The van der Waals surface area contributed by atoms with Crippen LogP contribution < -0.4 is 11.0 Å². The van der Waals surface area contributed by atoms with Gasteiger partial charge in [0.15, 0.2) is 5.82 Å². The summed E-state index contributed by atoms with van der Waals surface area (Å²) in [6.07, 6.45) is -0.736. The van der Waals surface area contributed by atoms with Crippen LogP contribution in [0.5, 0.6) is 0 Å². The quantitative estimate of drug-likeness (QED) is 0.215. The summed E-state index contributed by atoms with van der Waals surface area (Å²) in [7, 11) is 0. The molecule has 150 valence electrons. The number of rotatable bonds is 6. The van der Waals surface area contributed by atoms with Gasteiger partial charge in [-0.2, -0.15) is 19.6 Å². The monoisotopic (exact) mass is 422 g/mol. The minimum atomic E-state index is -1.74. The zero-order valence-electron chi connectivity index (χ0n) is 14.1. The summed E-state index contributed by atoms with van der Waals surface area (Å²) in [6.45, 7) is 0.130. The van der Waals surface area contributed by atoms with E-state index in [1.807, 2.05) is 0 Å². The minimum Gasteiger partial charge on any atom is -0.246 e. The molecule has 0 amide bonds. The lowest BCUT2D eigenvalue weighted by Crippen LogP contribution is -2.54. The van der Waals surface area contributed by atoms with Crippen LogP contribution in [0.4, 0.5) is 28.0 Å². The van der Waals surface area contributed by atoms with Crippen LogP contribution in [-0.4, -0.2) is 42.9 Å². The van der Waals surface area contributed by atoms with Gasteiger partial charge < -0.3 is 0 Å². The molecule has 1 unspecified atom stereocenters. The third kappa shape index (κ3) is 3.56. The fraction of sp³-hybridized carbons (Fsp3) is 0.214. The lowest BCUT2D eigenvalue weighted by Gasteiger charge is -2.32. The van der Waals surface area contributed by atoms with Crippen molar-refractivity contribution >= 4 is 23.2 Å². The van der Waals surface area contributed by atoms with Crippen LogP contribution in [0.1, 0.15) is 6.92 Å². The van der Waals surface area contributed by atoms with Crippen LogP contribution in [0.2, 0.25) is 5.15 Å². The van der Waals surface area contributed by atoms with Crippen molar-refractivity contribution in [3.63, 3.8) is 0 Å². The first kappa shape index (κ1) is 20.1. The van der Waals surface area contributed by atoms with Gasteiger partial charge >= 0.3 is 0 Å². The van der Waals surface area contributed by atoms with Crippen LogP contribution in [0.15, 0.2) is 24.5 Å². The standard InChI is InChI=1S/C14H12ClF5N8/c1-7(16)5-25(28(19)20)27(21)13-11(10-8(17)3-2-4-9(10)18)12(15)24-14-22-6-23-26(13)14/h2-4,6-7H,5,21H2,1H3. The van der Waals surface area contributed by atoms with Gasteiger partial charge in [-0.3, -0.25) is 0 Å². The van der Waals surface area contributed by atoms with Crippen molar-refractivity contribution in [1.29, 1.82) is 0 Å². The second kappa shape index (κ2) is 7.79. The number of nitrogens with two attached hydrogens (primary N) is 1. The normalized spacial score (nSPS) is 12.9. The largest absolute Gasteiger partial charge is 0.255 e. The first-order valence-electron chi connectivity index (χ1n) is 7.64. The topological polar surface area (TPSA) is 78.8 Å². The highest BCUT2D eigenvalue weighted by atomic mass is 35.5. The number of halogens is 6. The highest BCUT2D eigenvalue weighted by molar-refractivity contribution is 6.33. The number of benzene rings is 1. The number of aromatic nitrogens is 4. The summed E-state index contributed by atoms with van der Waals surface area (Å²) in [4.78, 5) is 7.61. The zero-order valence-corrected chi connectivity index (χ0v) is 14.8. The maximum absolute atomic E-state index is 14.4. The van der Waals surface area contributed by atoms with Crippen molar-refractivity contribution in [1.82, 2.24) is 30.2 Å². The van der Waals surface area contributed by atoms with Crippen molar-refractivity contribution in [3.05, 3.63) is 41.3 Å². The predicted octanol–water partition coefficient (Wildman–Crippen LogP) is 2.96. The van der Waals surface area contributed by atoms with Crippen molar-refractivity contribution in [2.24, 2.45) is 5.84 Å². The summed E-state index contributed by atoms with van der Waals surface area (Å²) in [5.41, 5.74) is -2.65. The number of hydrogen-bond donors (Lipinski definition) is 1. The van der Waals surface area contributed by atoms with Crippen molar-refractivity contribution in [2.45, 2.75) is 13.1 Å². The third-order valence-electron chi connectivity index (χ3n) is 3.63. The average Bonchev–Trinajstić information content (AvgIpc) is 3.06. The Labute approximate surface area is 159 Å². The van der Waals surface area contributed by atoms with E-state index >= 15 is 0 Å². The fourth-order valence-corrected chi connectivity index (χ4v) is 2.78. The van der Waals surface area contributed by atoms with Gasteiger partial charge in [0.25, 0.3) is 5.78 Å². The molecule has 0 aliphatic heterocycles. The summed E-state index contributed by atoms with van der Waals surface area (Å²) in [6, 6.07) is 2.97. The molecular formula is C14H12ClF5N8. The van der Waals surface area contributed by atoms with E-state index in [4.69, 9.17) is 17.4 Å². The average molecular weight is 423 g/mol. The van der Waals surface area contributed by atoms with Crippen LogP contribution in [0, 0.1) is 11.6 Å². The molecule has 0 fully saturated rings. The second-order valence-corrected chi connectivity index (χ2v) is 5.92. The van der Waals surface area contributed by atoms with Gasteiger partial charge in [0.1, 0.15) is 34.7 Å². The number of hydrazine groups is 3. The molecule has 1 atom stereocenters. The smallest absolute Gasteiger partial charge is 0.246 e. The van der Waals surface area contributed by atoms with E-state index in [0.29, 0.717) is 0 Å². The first-order chi connectivity index (χ1) is 13.2. The van der Waals surface area contributed by atoms with Crippen LogP contribution in [-0.2, 0) is 0 Å².